The van der Waals surface area contributed by atoms with Crippen molar-refractivity contribution in [1.29, 1.82) is 0 Å². The number of anilines is 1. The summed E-state index contributed by atoms with van der Waals surface area (Å²) in [4.78, 5) is 25.3. The highest BCUT2D eigenvalue weighted by atomic mass is 16.1. The number of likely N-dealkylation sites (N-methyl/N-ethyl adjacent to an activating group) is 1. The van der Waals surface area contributed by atoms with Gasteiger partial charge in [0.1, 0.15) is 5.82 Å². The summed E-state index contributed by atoms with van der Waals surface area (Å²) < 4.78 is 0. The van der Waals surface area contributed by atoms with Crippen LogP contribution in [-0.2, 0) is 6.54 Å². The van der Waals surface area contributed by atoms with Crippen LogP contribution in [0.15, 0.2) is 36.5 Å². The van der Waals surface area contributed by atoms with Crippen LogP contribution in [0.25, 0.3) is 10.9 Å². The zero-order valence-electron chi connectivity index (χ0n) is 17.5. The summed E-state index contributed by atoms with van der Waals surface area (Å²) in [6.07, 6.45) is 1.87. The molecule has 0 radical (unpaired) electrons. The van der Waals surface area contributed by atoms with Crippen molar-refractivity contribution >= 4 is 22.6 Å². The second kappa shape index (κ2) is 8.25. The van der Waals surface area contributed by atoms with E-state index in [0.717, 1.165) is 60.7 Å². The molecular formula is C23H29N5O. The number of rotatable bonds is 5. The van der Waals surface area contributed by atoms with E-state index in [1.165, 1.54) is 5.56 Å². The Kier molecular flexibility index (Phi) is 5.53. The predicted octanol–water partition coefficient (Wildman–Crippen LogP) is 3.25. The number of aryl methyl sites for hydroxylation is 2. The maximum absolute atomic E-state index is 12.6. The minimum Gasteiger partial charge on any atom is -0.358 e. The molecule has 0 bridgehead atoms. The van der Waals surface area contributed by atoms with Crippen molar-refractivity contribution in [2.45, 2.75) is 27.3 Å². The standard InChI is InChI=1S/C23H29N5O/c1-4-27-9-11-28(12-10-27)22-8-5-18(14-24-22)15-25-23(29)19-6-7-21-20(13-19)16(2)17(3)26-21/h5-8,13-14,26H,4,9-12,15H2,1-3H3,(H,25,29). The van der Waals surface area contributed by atoms with Gasteiger partial charge in [-0.05, 0) is 55.8 Å². The van der Waals surface area contributed by atoms with E-state index >= 15 is 0 Å². The van der Waals surface area contributed by atoms with Gasteiger partial charge in [0.2, 0.25) is 0 Å². The normalized spacial score (nSPS) is 15.1. The van der Waals surface area contributed by atoms with Crippen molar-refractivity contribution in [1.82, 2.24) is 20.2 Å². The first-order chi connectivity index (χ1) is 14.0. The van der Waals surface area contributed by atoms with Gasteiger partial charge in [-0.3, -0.25) is 4.79 Å². The summed E-state index contributed by atoms with van der Waals surface area (Å²) in [6.45, 7) is 12.1. The molecular weight excluding hydrogens is 362 g/mol. The summed E-state index contributed by atoms with van der Waals surface area (Å²) in [5, 5.41) is 4.11. The van der Waals surface area contributed by atoms with Crippen LogP contribution in [0, 0.1) is 13.8 Å². The van der Waals surface area contributed by atoms with Crippen LogP contribution >= 0.6 is 0 Å². The number of hydrogen-bond donors (Lipinski definition) is 2. The van der Waals surface area contributed by atoms with Gasteiger partial charge in [0, 0.05) is 61.1 Å². The highest BCUT2D eigenvalue weighted by Gasteiger charge is 2.16. The molecule has 1 saturated heterocycles. The number of amides is 1. The number of aromatic amines is 1. The first-order valence-electron chi connectivity index (χ1n) is 10.3. The number of hydrogen-bond acceptors (Lipinski definition) is 4. The fraction of sp³-hybridized carbons (Fsp3) is 0.391. The molecule has 3 heterocycles. The zero-order chi connectivity index (χ0) is 20.4. The monoisotopic (exact) mass is 391 g/mol. The topological polar surface area (TPSA) is 64.3 Å². The van der Waals surface area contributed by atoms with Crippen LogP contribution in [-0.4, -0.2) is 53.5 Å². The predicted molar refractivity (Wildman–Crippen MR) is 118 cm³/mol. The average Bonchev–Trinajstić information content (AvgIpc) is 3.05. The summed E-state index contributed by atoms with van der Waals surface area (Å²) in [5.41, 5.74) is 5.08. The lowest BCUT2D eigenvalue weighted by atomic mass is 10.1. The number of pyridine rings is 1. The van der Waals surface area contributed by atoms with Gasteiger partial charge in [-0.2, -0.15) is 0 Å². The molecule has 152 valence electrons. The number of nitrogens with zero attached hydrogens (tertiary/aromatic N) is 3. The summed E-state index contributed by atoms with van der Waals surface area (Å²) in [7, 11) is 0. The Bertz CT molecular complexity index is 1000. The lowest BCUT2D eigenvalue weighted by molar-refractivity contribution is 0.0951. The van der Waals surface area contributed by atoms with Gasteiger partial charge in [-0.25, -0.2) is 4.98 Å². The average molecular weight is 392 g/mol. The van der Waals surface area contributed by atoms with Crippen LogP contribution in [0.3, 0.4) is 0 Å². The van der Waals surface area contributed by atoms with Crippen molar-refractivity contribution in [2.75, 3.05) is 37.6 Å². The number of carbonyl (C=O) groups excluding carboxylic acids is 1. The van der Waals surface area contributed by atoms with Gasteiger partial charge in [-0.1, -0.05) is 13.0 Å². The van der Waals surface area contributed by atoms with Crippen LogP contribution in [0.4, 0.5) is 5.82 Å². The minimum atomic E-state index is -0.0649. The molecule has 3 aromatic rings. The third-order valence-electron chi connectivity index (χ3n) is 5.98. The van der Waals surface area contributed by atoms with Gasteiger partial charge >= 0.3 is 0 Å². The third-order valence-corrected chi connectivity index (χ3v) is 5.98. The second-order valence-corrected chi connectivity index (χ2v) is 7.76. The summed E-state index contributed by atoms with van der Waals surface area (Å²) in [6, 6.07) is 9.91. The minimum absolute atomic E-state index is 0.0649. The van der Waals surface area contributed by atoms with E-state index in [9.17, 15) is 4.79 Å². The molecule has 6 heteroatoms. The van der Waals surface area contributed by atoms with Crippen molar-refractivity contribution in [2.24, 2.45) is 0 Å². The van der Waals surface area contributed by atoms with Crippen LogP contribution in [0.1, 0.15) is 34.1 Å². The third kappa shape index (κ3) is 4.12. The number of aromatic nitrogens is 2. The molecule has 6 nitrogen and oxygen atoms in total. The number of benzene rings is 1. The molecule has 1 fully saturated rings. The fourth-order valence-electron chi connectivity index (χ4n) is 3.89. The van der Waals surface area contributed by atoms with E-state index < -0.39 is 0 Å². The largest absolute Gasteiger partial charge is 0.358 e. The molecule has 0 saturated carbocycles. The van der Waals surface area contributed by atoms with Crippen LogP contribution in [0.5, 0.6) is 0 Å². The van der Waals surface area contributed by atoms with Gasteiger partial charge in [0.15, 0.2) is 0 Å². The van der Waals surface area contributed by atoms with Crippen molar-refractivity contribution in [3.63, 3.8) is 0 Å². The first kappa shape index (κ1) is 19.5. The van der Waals surface area contributed by atoms with Gasteiger partial charge in [0.05, 0.1) is 0 Å². The van der Waals surface area contributed by atoms with E-state index in [-0.39, 0.29) is 5.91 Å². The smallest absolute Gasteiger partial charge is 0.251 e. The zero-order valence-corrected chi connectivity index (χ0v) is 17.5. The maximum Gasteiger partial charge on any atom is 0.251 e. The van der Waals surface area contributed by atoms with Gasteiger partial charge in [-0.15, -0.1) is 0 Å². The Hall–Kier alpha value is -2.86. The van der Waals surface area contributed by atoms with Gasteiger partial charge in [0.25, 0.3) is 5.91 Å². The molecule has 1 aromatic carbocycles. The highest BCUT2D eigenvalue weighted by molar-refractivity contribution is 5.99. The molecule has 0 aliphatic carbocycles. The molecule has 0 spiro atoms. The van der Waals surface area contributed by atoms with E-state index in [0.29, 0.717) is 12.1 Å². The van der Waals surface area contributed by atoms with Crippen LogP contribution in [0.2, 0.25) is 0 Å². The summed E-state index contributed by atoms with van der Waals surface area (Å²) in [5.74, 6) is 0.949. The Morgan fingerprint density at radius 1 is 1.14 bits per heavy atom. The molecule has 1 amide bonds. The van der Waals surface area contributed by atoms with E-state index in [2.05, 4.69) is 58.0 Å². The molecule has 0 atom stereocenters. The van der Waals surface area contributed by atoms with Crippen molar-refractivity contribution in [3.8, 4) is 0 Å². The number of H-pyrrole nitrogens is 1. The Morgan fingerprint density at radius 2 is 1.93 bits per heavy atom. The van der Waals surface area contributed by atoms with Crippen LogP contribution < -0.4 is 10.2 Å². The second-order valence-electron chi connectivity index (χ2n) is 7.76. The molecule has 4 rings (SSSR count). The Morgan fingerprint density at radius 3 is 2.62 bits per heavy atom. The first-order valence-corrected chi connectivity index (χ1v) is 10.3. The highest BCUT2D eigenvalue weighted by Crippen LogP contribution is 2.22. The molecule has 1 aliphatic rings. The lowest BCUT2D eigenvalue weighted by Gasteiger charge is -2.34. The number of nitrogens with one attached hydrogen (secondary N) is 2. The lowest BCUT2D eigenvalue weighted by Crippen LogP contribution is -2.46. The number of fused-ring (bicyclic) bond motifs is 1. The van der Waals surface area contributed by atoms with E-state index in [1.807, 2.05) is 24.4 Å². The van der Waals surface area contributed by atoms with E-state index in [1.54, 1.807) is 0 Å². The molecule has 2 aromatic heterocycles. The van der Waals surface area contributed by atoms with E-state index in [4.69, 9.17) is 0 Å². The SMILES string of the molecule is CCN1CCN(c2ccc(CNC(=O)c3ccc4[nH]c(C)c(C)c4c3)cn2)CC1. The maximum atomic E-state index is 12.6. The molecule has 0 unspecified atom stereocenters. The summed E-state index contributed by atoms with van der Waals surface area (Å²) >= 11 is 0. The Labute approximate surface area is 171 Å². The molecule has 29 heavy (non-hydrogen) atoms. The quantitative estimate of drug-likeness (QED) is 0.701. The molecule has 2 N–H and O–H groups in total. The Balaban J connectivity index is 1.36. The van der Waals surface area contributed by atoms with Crippen molar-refractivity contribution < 1.29 is 4.79 Å². The van der Waals surface area contributed by atoms with Crippen molar-refractivity contribution in [3.05, 3.63) is 58.9 Å². The molecule has 1 aliphatic heterocycles. The fourth-order valence-corrected chi connectivity index (χ4v) is 3.89. The van der Waals surface area contributed by atoms with Gasteiger partial charge < -0.3 is 20.1 Å². The number of piperazine rings is 1. The number of carbonyl (C=O) groups is 1.